The van der Waals surface area contributed by atoms with Crippen molar-refractivity contribution in [1.82, 2.24) is 20.5 Å². The summed E-state index contributed by atoms with van der Waals surface area (Å²) >= 11 is 2.81. The van der Waals surface area contributed by atoms with Gasteiger partial charge in [0.05, 0.1) is 16.7 Å². The molecular weight excluding hydrogens is 318 g/mol. The number of hydrogen-bond acceptors (Lipinski definition) is 6. The van der Waals surface area contributed by atoms with Gasteiger partial charge in [-0.15, -0.1) is 16.4 Å². The molecule has 116 valence electrons. The third kappa shape index (κ3) is 3.87. The Morgan fingerprint density at radius 2 is 2.41 bits per heavy atom. The fourth-order valence-corrected chi connectivity index (χ4v) is 2.85. The molecule has 2 aromatic heterocycles. The van der Waals surface area contributed by atoms with Gasteiger partial charge in [0, 0.05) is 0 Å². The van der Waals surface area contributed by atoms with E-state index in [1.54, 1.807) is 18.3 Å². The molecule has 0 saturated carbocycles. The highest BCUT2D eigenvalue weighted by molar-refractivity contribution is 7.99. The second kappa shape index (κ2) is 6.94. The summed E-state index contributed by atoms with van der Waals surface area (Å²) in [5, 5.41) is 21.4. The summed E-state index contributed by atoms with van der Waals surface area (Å²) in [4.78, 5) is 17.3. The monoisotopic (exact) mass is 335 g/mol. The molecule has 0 bridgehead atoms. The molecule has 22 heavy (non-hydrogen) atoms. The third-order valence-electron chi connectivity index (χ3n) is 3.34. The minimum Gasteiger partial charge on any atom is -0.337 e. The molecule has 8 heteroatoms. The summed E-state index contributed by atoms with van der Waals surface area (Å²) in [5.74, 6) is 0.693. The summed E-state index contributed by atoms with van der Waals surface area (Å²) in [6, 6.07) is 6.05. The van der Waals surface area contributed by atoms with Crippen molar-refractivity contribution < 1.29 is 4.79 Å². The van der Waals surface area contributed by atoms with E-state index in [9.17, 15) is 10.1 Å². The molecular formula is C14H17N5OS2. The number of nitriles is 1. The largest absolute Gasteiger partial charge is 0.337 e. The van der Waals surface area contributed by atoms with Crippen LogP contribution in [0.2, 0.25) is 0 Å². The zero-order chi connectivity index (χ0) is 16.2. The van der Waals surface area contributed by atoms with Crippen LogP contribution in [0.1, 0.15) is 20.8 Å². The van der Waals surface area contributed by atoms with E-state index in [0.717, 1.165) is 4.88 Å². The zero-order valence-electron chi connectivity index (χ0n) is 12.6. The van der Waals surface area contributed by atoms with Crippen LogP contribution in [0.25, 0.3) is 10.7 Å². The molecule has 0 aromatic carbocycles. The lowest BCUT2D eigenvalue weighted by Crippen LogP contribution is -2.49. The molecule has 0 radical (unpaired) electrons. The molecule has 2 heterocycles. The number of H-pyrrole nitrogens is 1. The maximum absolute atomic E-state index is 12.0. The molecule has 0 unspecified atom stereocenters. The van der Waals surface area contributed by atoms with E-state index in [2.05, 4.69) is 26.6 Å². The molecule has 1 atom stereocenters. The number of thiophene rings is 1. The van der Waals surface area contributed by atoms with Crippen molar-refractivity contribution in [1.29, 1.82) is 5.26 Å². The Kier molecular flexibility index (Phi) is 5.21. The minimum absolute atomic E-state index is 0.0281. The van der Waals surface area contributed by atoms with Gasteiger partial charge in [0.2, 0.25) is 11.1 Å². The van der Waals surface area contributed by atoms with E-state index in [4.69, 9.17) is 0 Å². The van der Waals surface area contributed by atoms with Crippen LogP contribution in [-0.4, -0.2) is 32.4 Å². The van der Waals surface area contributed by atoms with Gasteiger partial charge >= 0.3 is 0 Å². The lowest BCUT2D eigenvalue weighted by atomic mass is 9.90. The standard InChI is InChI=1S/C14H17N5OS2/c1-9(2)14(3,8-15)17-11(20)7-22-13-16-12(18-19-13)10-5-4-6-21-10/h4-6,9H,7H2,1-3H3,(H,17,20)(H,16,18,19)/t14-/m0/s1. The number of nitrogens with one attached hydrogen (secondary N) is 2. The predicted molar refractivity (Wildman–Crippen MR) is 87.4 cm³/mol. The summed E-state index contributed by atoms with van der Waals surface area (Å²) < 4.78 is 0. The first-order valence-corrected chi connectivity index (χ1v) is 8.62. The van der Waals surface area contributed by atoms with E-state index < -0.39 is 5.54 Å². The zero-order valence-corrected chi connectivity index (χ0v) is 14.2. The van der Waals surface area contributed by atoms with Gasteiger partial charge in [-0.1, -0.05) is 31.7 Å². The fraction of sp³-hybridized carbons (Fsp3) is 0.429. The van der Waals surface area contributed by atoms with E-state index in [0.29, 0.717) is 11.0 Å². The fourth-order valence-electron chi connectivity index (χ4n) is 1.59. The number of carbonyl (C=O) groups excluding carboxylic acids is 1. The van der Waals surface area contributed by atoms with Crippen molar-refractivity contribution in [2.45, 2.75) is 31.5 Å². The first-order valence-electron chi connectivity index (χ1n) is 6.76. The topological polar surface area (TPSA) is 94.5 Å². The van der Waals surface area contributed by atoms with Gasteiger partial charge in [-0.2, -0.15) is 5.26 Å². The summed E-state index contributed by atoms with van der Waals surface area (Å²) in [6.07, 6.45) is 0. The van der Waals surface area contributed by atoms with Gasteiger partial charge in [-0.05, 0) is 24.3 Å². The van der Waals surface area contributed by atoms with Gasteiger partial charge < -0.3 is 5.32 Å². The van der Waals surface area contributed by atoms with E-state index in [-0.39, 0.29) is 17.6 Å². The number of aromatic nitrogens is 3. The molecule has 2 rings (SSSR count). The van der Waals surface area contributed by atoms with Gasteiger partial charge in [-0.3, -0.25) is 9.89 Å². The van der Waals surface area contributed by atoms with Gasteiger partial charge in [-0.25, -0.2) is 4.98 Å². The van der Waals surface area contributed by atoms with Crippen LogP contribution in [0.4, 0.5) is 0 Å². The van der Waals surface area contributed by atoms with Crippen LogP contribution in [-0.2, 0) is 4.79 Å². The Morgan fingerprint density at radius 1 is 1.64 bits per heavy atom. The number of rotatable bonds is 6. The van der Waals surface area contributed by atoms with Crippen molar-refractivity contribution in [3.8, 4) is 16.8 Å². The molecule has 6 nitrogen and oxygen atoms in total. The Labute approximate surface area is 137 Å². The second-order valence-corrected chi connectivity index (χ2v) is 7.14. The molecule has 0 fully saturated rings. The molecule has 2 aromatic rings. The smallest absolute Gasteiger partial charge is 0.231 e. The molecule has 0 saturated heterocycles. The van der Waals surface area contributed by atoms with Crippen molar-refractivity contribution in [2.75, 3.05) is 5.75 Å². The number of thioether (sulfide) groups is 1. The van der Waals surface area contributed by atoms with Crippen molar-refractivity contribution in [3.63, 3.8) is 0 Å². The third-order valence-corrected chi connectivity index (χ3v) is 5.06. The number of amides is 1. The maximum Gasteiger partial charge on any atom is 0.231 e. The number of hydrogen-bond donors (Lipinski definition) is 2. The molecule has 2 N–H and O–H groups in total. The van der Waals surface area contributed by atoms with Crippen molar-refractivity contribution >= 4 is 29.0 Å². The number of carbonyl (C=O) groups is 1. The summed E-state index contributed by atoms with van der Waals surface area (Å²) in [7, 11) is 0. The van der Waals surface area contributed by atoms with E-state index >= 15 is 0 Å². The lowest BCUT2D eigenvalue weighted by Gasteiger charge is -2.27. The average Bonchev–Trinajstić information content (AvgIpc) is 3.15. The Balaban J connectivity index is 1.91. The van der Waals surface area contributed by atoms with Gasteiger partial charge in [0.15, 0.2) is 5.82 Å². The Hall–Kier alpha value is -1.85. The first kappa shape index (κ1) is 16.5. The first-order chi connectivity index (χ1) is 10.4. The molecule has 0 aliphatic heterocycles. The van der Waals surface area contributed by atoms with Crippen LogP contribution >= 0.6 is 23.1 Å². The van der Waals surface area contributed by atoms with Crippen molar-refractivity contribution in [3.05, 3.63) is 17.5 Å². The highest BCUT2D eigenvalue weighted by Crippen LogP contribution is 2.23. The van der Waals surface area contributed by atoms with Crippen LogP contribution in [0, 0.1) is 17.2 Å². The molecule has 0 aliphatic carbocycles. The highest BCUT2D eigenvalue weighted by atomic mass is 32.2. The maximum atomic E-state index is 12.0. The lowest BCUT2D eigenvalue weighted by molar-refractivity contribution is -0.120. The second-order valence-electron chi connectivity index (χ2n) is 5.25. The summed E-state index contributed by atoms with van der Waals surface area (Å²) in [5.41, 5.74) is -0.862. The van der Waals surface area contributed by atoms with Crippen LogP contribution < -0.4 is 5.32 Å². The normalized spacial score (nSPS) is 13.6. The van der Waals surface area contributed by atoms with Crippen molar-refractivity contribution in [2.24, 2.45) is 5.92 Å². The predicted octanol–water partition coefficient (Wildman–Crippen LogP) is 2.68. The van der Waals surface area contributed by atoms with Crippen LogP contribution in [0.3, 0.4) is 0 Å². The van der Waals surface area contributed by atoms with Crippen LogP contribution in [0.15, 0.2) is 22.7 Å². The minimum atomic E-state index is -0.862. The van der Waals surface area contributed by atoms with E-state index in [1.807, 2.05) is 31.4 Å². The average molecular weight is 335 g/mol. The molecule has 0 spiro atoms. The van der Waals surface area contributed by atoms with Gasteiger partial charge in [0.1, 0.15) is 5.54 Å². The molecule has 0 aliphatic rings. The quantitative estimate of drug-likeness (QED) is 0.792. The van der Waals surface area contributed by atoms with Crippen LogP contribution in [0.5, 0.6) is 0 Å². The van der Waals surface area contributed by atoms with Gasteiger partial charge in [0.25, 0.3) is 0 Å². The van der Waals surface area contributed by atoms with E-state index in [1.165, 1.54) is 11.8 Å². The SMILES string of the molecule is CC(C)[C@](C)(C#N)NC(=O)CSc1n[nH]c(-c2cccs2)n1. The number of aromatic amines is 1. The molecule has 1 amide bonds. The Morgan fingerprint density at radius 3 is 3.00 bits per heavy atom. The highest BCUT2D eigenvalue weighted by Gasteiger charge is 2.29. The summed E-state index contributed by atoms with van der Waals surface area (Å²) in [6.45, 7) is 5.53. The number of nitrogens with zero attached hydrogens (tertiary/aromatic N) is 3. The Bertz CT molecular complexity index is 674.